The van der Waals surface area contributed by atoms with Crippen LogP contribution in [0.5, 0.6) is 0 Å². The summed E-state index contributed by atoms with van der Waals surface area (Å²) in [5, 5.41) is 20.6. The van der Waals surface area contributed by atoms with Crippen molar-refractivity contribution in [3.63, 3.8) is 0 Å². The number of nitrogens with zero attached hydrogens (tertiary/aromatic N) is 3. The lowest BCUT2D eigenvalue weighted by atomic mass is 10.1. The van der Waals surface area contributed by atoms with Gasteiger partial charge in [-0.2, -0.15) is 0 Å². The Morgan fingerprint density at radius 2 is 2.16 bits per heavy atom. The maximum Gasteiger partial charge on any atom is 0.311 e. The number of hydrogen-bond acceptors (Lipinski definition) is 4. The lowest BCUT2D eigenvalue weighted by Crippen LogP contribution is -2.34. The smallest absolute Gasteiger partial charge is 0.311 e. The Balaban J connectivity index is 1.84. The fourth-order valence-corrected chi connectivity index (χ4v) is 2.89. The molecule has 0 spiro atoms. The Labute approximate surface area is 150 Å². The average Bonchev–Trinajstić information content (AvgIpc) is 3.27. The van der Waals surface area contributed by atoms with Crippen molar-refractivity contribution in [1.29, 1.82) is 0 Å². The zero-order valence-corrected chi connectivity index (χ0v) is 14.6. The second kappa shape index (κ2) is 6.84. The van der Waals surface area contributed by atoms with Crippen molar-refractivity contribution in [3.05, 3.63) is 40.7 Å². The third kappa shape index (κ3) is 3.51. The van der Waals surface area contributed by atoms with E-state index in [1.807, 2.05) is 13.0 Å². The number of carbonyl (C=O) groups excluding carboxylic acids is 1. The zero-order chi connectivity index (χ0) is 18.0. The Morgan fingerprint density at radius 3 is 2.76 bits per heavy atom. The number of carboxylic acid groups (broad SMARTS) is 1. The standard InChI is InChI=1S/C17H19ClN4O3/c1-2-4-13-14(15(23)19-10-17(7-8-17)16(24)25)20-21-22(13)12-6-3-5-11(18)9-12/h3,5-6,9H,2,4,7-8,10H2,1H3,(H,19,23)(H,24,25). The monoisotopic (exact) mass is 362 g/mol. The number of amides is 1. The van der Waals surface area contributed by atoms with Gasteiger partial charge in [-0.05, 0) is 37.5 Å². The first-order valence-electron chi connectivity index (χ1n) is 8.19. The van der Waals surface area contributed by atoms with Crippen molar-refractivity contribution >= 4 is 23.5 Å². The van der Waals surface area contributed by atoms with Gasteiger partial charge in [0.2, 0.25) is 0 Å². The van der Waals surface area contributed by atoms with E-state index < -0.39 is 17.3 Å². The lowest BCUT2D eigenvalue weighted by molar-refractivity contribution is -0.143. The van der Waals surface area contributed by atoms with Crippen LogP contribution in [0.15, 0.2) is 24.3 Å². The van der Waals surface area contributed by atoms with Crippen LogP contribution in [0.3, 0.4) is 0 Å². The van der Waals surface area contributed by atoms with Crippen LogP contribution in [-0.2, 0) is 11.2 Å². The van der Waals surface area contributed by atoms with Crippen LogP contribution in [0.1, 0.15) is 42.4 Å². The molecule has 1 fully saturated rings. The quantitative estimate of drug-likeness (QED) is 0.788. The molecule has 1 aromatic carbocycles. The molecule has 0 saturated heterocycles. The minimum atomic E-state index is -0.871. The summed E-state index contributed by atoms with van der Waals surface area (Å²) >= 11 is 6.03. The van der Waals surface area contributed by atoms with E-state index in [-0.39, 0.29) is 12.2 Å². The summed E-state index contributed by atoms with van der Waals surface area (Å²) in [7, 11) is 0. The van der Waals surface area contributed by atoms with Crippen LogP contribution < -0.4 is 5.32 Å². The highest BCUT2D eigenvalue weighted by atomic mass is 35.5. The van der Waals surface area contributed by atoms with Gasteiger partial charge in [-0.3, -0.25) is 9.59 Å². The highest BCUT2D eigenvalue weighted by Gasteiger charge is 2.50. The average molecular weight is 363 g/mol. The Bertz CT molecular complexity index is 814. The Morgan fingerprint density at radius 1 is 1.40 bits per heavy atom. The normalized spacial score (nSPS) is 15.0. The molecular formula is C17H19ClN4O3. The summed E-state index contributed by atoms with van der Waals surface area (Å²) in [6.07, 6.45) is 2.60. The summed E-state index contributed by atoms with van der Waals surface area (Å²) in [5.41, 5.74) is 0.820. The number of carboxylic acids is 1. The number of hydrogen-bond donors (Lipinski definition) is 2. The largest absolute Gasteiger partial charge is 0.481 e. The predicted molar refractivity (Wildman–Crippen MR) is 92.0 cm³/mol. The van der Waals surface area contributed by atoms with Crippen LogP contribution in [0.4, 0.5) is 0 Å². The summed E-state index contributed by atoms with van der Waals surface area (Å²) in [6.45, 7) is 2.11. The van der Waals surface area contributed by atoms with E-state index in [1.54, 1.807) is 22.9 Å². The fourth-order valence-electron chi connectivity index (χ4n) is 2.70. The van der Waals surface area contributed by atoms with Crippen LogP contribution in [-0.4, -0.2) is 38.5 Å². The maximum atomic E-state index is 12.5. The van der Waals surface area contributed by atoms with Crippen molar-refractivity contribution in [2.45, 2.75) is 32.6 Å². The molecule has 8 heteroatoms. The topological polar surface area (TPSA) is 97.1 Å². The summed E-state index contributed by atoms with van der Waals surface area (Å²) in [4.78, 5) is 23.7. The molecule has 1 amide bonds. The molecule has 0 unspecified atom stereocenters. The molecule has 1 aromatic heterocycles. The number of carbonyl (C=O) groups is 2. The summed E-state index contributed by atoms with van der Waals surface area (Å²) < 4.78 is 1.61. The van der Waals surface area contributed by atoms with Crippen molar-refractivity contribution < 1.29 is 14.7 Å². The zero-order valence-electron chi connectivity index (χ0n) is 13.8. The summed E-state index contributed by atoms with van der Waals surface area (Å²) in [5.74, 6) is -1.27. The molecule has 0 aliphatic heterocycles. The Hall–Kier alpha value is -2.41. The fraction of sp³-hybridized carbons (Fsp3) is 0.412. The second-order valence-corrected chi connectivity index (χ2v) is 6.73. The maximum absolute atomic E-state index is 12.5. The number of nitrogens with one attached hydrogen (secondary N) is 1. The molecule has 1 aliphatic rings. The van der Waals surface area contributed by atoms with Gasteiger partial charge in [0.15, 0.2) is 5.69 Å². The van der Waals surface area contributed by atoms with Crippen LogP contribution in [0.2, 0.25) is 5.02 Å². The predicted octanol–water partition coefficient (Wildman–Crippen LogP) is 2.47. The molecule has 1 heterocycles. The van der Waals surface area contributed by atoms with E-state index in [9.17, 15) is 14.7 Å². The van der Waals surface area contributed by atoms with Gasteiger partial charge in [-0.15, -0.1) is 5.10 Å². The molecule has 2 N–H and O–H groups in total. The van der Waals surface area contributed by atoms with Gasteiger partial charge in [0.05, 0.1) is 16.8 Å². The minimum absolute atomic E-state index is 0.108. The number of benzene rings is 1. The number of rotatable bonds is 7. The van der Waals surface area contributed by atoms with Gasteiger partial charge in [-0.1, -0.05) is 36.2 Å². The first kappa shape index (κ1) is 17.4. The molecule has 2 aromatic rings. The van der Waals surface area contributed by atoms with Crippen LogP contribution in [0, 0.1) is 5.41 Å². The molecule has 0 radical (unpaired) electrons. The van der Waals surface area contributed by atoms with Gasteiger partial charge in [0.1, 0.15) is 0 Å². The van der Waals surface area contributed by atoms with E-state index in [2.05, 4.69) is 15.6 Å². The van der Waals surface area contributed by atoms with Crippen LogP contribution >= 0.6 is 11.6 Å². The third-order valence-corrected chi connectivity index (χ3v) is 4.65. The Kier molecular flexibility index (Phi) is 4.76. The molecule has 3 rings (SSSR count). The van der Waals surface area contributed by atoms with Gasteiger partial charge in [0.25, 0.3) is 5.91 Å². The van der Waals surface area contributed by atoms with E-state index in [4.69, 9.17) is 11.6 Å². The van der Waals surface area contributed by atoms with Gasteiger partial charge in [0, 0.05) is 11.6 Å². The van der Waals surface area contributed by atoms with Crippen molar-refractivity contribution in [3.8, 4) is 5.69 Å². The van der Waals surface area contributed by atoms with Gasteiger partial charge in [-0.25, -0.2) is 4.68 Å². The van der Waals surface area contributed by atoms with E-state index in [1.165, 1.54) is 0 Å². The molecule has 1 aliphatic carbocycles. The van der Waals surface area contributed by atoms with Crippen molar-refractivity contribution in [2.24, 2.45) is 5.41 Å². The third-order valence-electron chi connectivity index (χ3n) is 4.41. The first-order chi connectivity index (χ1) is 12.0. The van der Waals surface area contributed by atoms with E-state index >= 15 is 0 Å². The molecule has 0 atom stereocenters. The molecular weight excluding hydrogens is 344 g/mol. The lowest BCUT2D eigenvalue weighted by Gasteiger charge is -2.11. The SMILES string of the molecule is CCCc1c(C(=O)NCC2(C(=O)O)CC2)nnn1-c1cccc(Cl)c1. The molecule has 1 saturated carbocycles. The number of aromatic nitrogens is 3. The number of aliphatic carboxylic acids is 1. The van der Waals surface area contributed by atoms with Gasteiger partial charge < -0.3 is 10.4 Å². The molecule has 25 heavy (non-hydrogen) atoms. The molecule has 7 nitrogen and oxygen atoms in total. The van der Waals surface area contributed by atoms with E-state index in [0.29, 0.717) is 30.0 Å². The van der Waals surface area contributed by atoms with Crippen molar-refractivity contribution in [1.82, 2.24) is 20.3 Å². The summed E-state index contributed by atoms with van der Waals surface area (Å²) in [6, 6.07) is 7.15. The van der Waals surface area contributed by atoms with Crippen molar-refractivity contribution in [2.75, 3.05) is 6.54 Å². The molecule has 132 valence electrons. The molecule has 0 bridgehead atoms. The highest BCUT2D eigenvalue weighted by molar-refractivity contribution is 6.30. The van der Waals surface area contributed by atoms with Gasteiger partial charge >= 0.3 is 5.97 Å². The highest BCUT2D eigenvalue weighted by Crippen LogP contribution is 2.45. The van der Waals surface area contributed by atoms with Crippen LogP contribution in [0.25, 0.3) is 5.69 Å². The number of halogens is 1. The minimum Gasteiger partial charge on any atom is -0.481 e. The first-order valence-corrected chi connectivity index (χ1v) is 8.57. The van der Waals surface area contributed by atoms with E-state index in [0.717, 1.165) is 12.1 Å². The second-order valence-electron chi connectivity index (χ2n) is 6.29.